The van der Waals surface area contributed by atoms with Crippen molar-refractivity contribution in [3.05, 3.63) is 171 Å². The van der Waals surface area contributed by atoms with Crippen LogP contribution >= 0.6 is 0 Å². The van der Waals surface area contributed by atoms with Crippen molar-refractivity contribution in [2.45, 2.75) is 114 Å². The first-order valence-electron chi connectivity index (χ1n) is 22.1. The van der Waals surface area contributed by atoms with Gasteiger partial charge in [-0.15, -0.1) is 0 Å². The van der Waals surface area contributed by atoms with Crippen LogP contribution in [0.25, 0.3) is 0 Å². The van der Waals surface area contributed by atoms with Gasteiger partial charge in [-0.1, -0.05) is 84.9 Å². The van der Waals surface area contributed by atoms with E-state index in [0.717, 1.165) is 81.0 Å². The summed E-state index contributed by atoms with van der Waals surface area (Å²) in [6, 6.07) is 37.6. The molecule has 4 atom stereocenters. The van der Waals surface area contributed by atoms with Crippen molar-refractivity contribution < 1.29 is 23.9 Å². The van der Waals surface area contributed by atoms with Crippen LogP contribution in [0.3, 0.4) is 0 Å². The summed E-state index contributed by atoms with van der Waals surface area (Å²) >= 11 is 0. The van der Waals surface area contributed by atoms with Crippen LogP contribution < -0.4 is 0 Å². The number of carbonyl (C=O) groups is 4. The first-order valence-corrected chi connectivity index (χ1v) is 22.1. The molecule has 0 N–H and O–H groups in total. The van der Waals surface area contributed by atoms with Gasteiger partial charge in [0.25, 0.3) is 0 Å². The molecule has 6 heteroatoms. The first kappa shape index (κ1) is 41.3. The van der Waals surface area contributed by atoms with Crippen molar-refractivity contribution in [2.75, 3.05) is 7.11 Å². The summed E-state index contributed by atoms with van der Waals surface area (Å²) in [5.41, 5.74) is 11.2. The highest BCUT2D eigenvalue weighted by Crippen LogP contribution is 2.52. The van der Waals surface area contributed by atoms with Crippen molar-refractivity contribution in [3.8, 4) is 0 Å². The fourth-order valence-electron chi connectivity index (χ4n) is 11.4. The zero-order chi connectivity index (χ0) is 41.7. The van der Waals surface area contributed by atoms with Gasteiger partial charge in [-0.3, -0.25) is 19.4 Å². The summed E-state index contributed by atoms with van der Waals surface area (Å²) < 4.78 is 4.92. The summed E-state index contributed by atoms with van der Waals surface area (Å²) in [4.78, 5) is 54.2. The van der Waals surface area contributed by atoms with Crippen molar-refractivity contribution in [1.82, 2.24) is 4.98 Å². The van der Waals surface area contributed by atoms with Gasteiger partial charge < -0.3 is 4.74 Å². The van der Waals surface area contributed by atoms with Crippen LogP contribution in [-0.2, 0) is 57.3 Å². The number of ether oxygens (including phenoxy) is 1. The number of nitrogens with zero attached hydrogens (tertiary/aromatic N) is 1. The second kappa shape index (κ2) is 18.0. The van der Waals surface area contributed by atoms with Gasteiger partial charge in [-0.25, -0.2) is 4.79 Å². The standard InChI is InChI=1S/C30H31NO2.C24H26O3/c1-21-23(10-6-16-31-21)18-29(33)25-12-13-28-24(17-25)9-5-11-26-19-27(32)14-15-30(26,28)20-22-7-3-2-4-8-22;1-27-23(26)19-10-11-22-18(14-19)8-5-9-20-15-21(25)12-13-24(20,22)16-17-6-3-2-4-7-17/h2-4,6-8,10,12-13,16-17,26H,5,9,11,14-15,18-20H2,1H3;2-4,6-7,10-11,14,20H,5,8-9,12-13,15-16H2,1H3/t26-,30-;20-,24-/m00/s1. The molecule has 1 aromatic heterocycles. The number of aromatic nitrogens is 1. The normalized spacial score (nSPS) is 23.2. The number of esters is 1. The molecule has 0 amide bonds. The van der Waals surface area contributed by atoms with Crippen molar-refractivity contribution in [1.29, 1.82) is 0 Å². The lowest BCUT2D eigenvalue weighted by molar-refractivity contribution is -0.124. The summed E-state index contributed by atoms with van der Waals surface area (Å²) in [6.07, 6.45) is 14.8. The molecule has 0 bridgehead atoms. The van der Waals surface area contributed by atoms with Gasteiger partial charge in [0.1, 0.15) is 11.6 Å². The molecular weight excluding hydrogens is 743 g/mol. The van der Waals surface area contributed by atoms with E-state index in [1.54, 1.807) is 6.20 Å². The molecule has 0 radical (unpaired) electrons. The van der Waals surface area contributed by atoms with E-state index in [9.17, 15) is 19.2 Å². The molecule has 4 aliphatic carbocycles. The van der Waals surface area contributed by atoms with E-state index >= 15 is 0 Å². The van der Waals surface area contributed by atoms with Crippen LogP contribution in [0.4, 0.5) is 0 Å². The smallest absolute Gasteiger partial charge is 0.337 e. The summed E-state index contributed by atoms with van der Waals surface area (Å²) in [5, 5.41) is 0. The number of ketones is 3. The molecule has 0 saturated heterocycles. The fraction of sp³-hybridized carbons (Fsp3) is 0.389. The molecule has 5 aromatic rings. The molecule has 6 nitrogen and oxygen atoms in total. The third-order valence-electron chi connectivity index (χ3n) is 14.4. The van der Waals surface area contributed by atoms with Crippen LogP contribution in [-0.4, -0.2) is 35.4 Å². The van der Waals surface area contributed by atoms with E-state index in [2.05, 4.69) is 77.8 Å². The highest BCUT2D eigenvalue weighted by Gasteiger charge is 2.47. The lowest BCUT2D eigenvalue weighted by atomic mass is 9.58. The molecule has 2 saturated carbocycles. The number of rotatable bonds is 8. The second-order valence-electron chi connectivity index (χ2n) is 17.9. The highest BCUT2D eigenvalue weighted by atomic mass is 16.5. The summed E-state index contributed by atoms with van der Waals surface area (Å²) in [7, 11) is 1.42. The minimum absolute atomic E-state index is 0.0181. The number of pyridine rings is 1. The Kier molecular flexibility index (Phi) is 12.4. The molecule has 0 spiro atoms. The topological polar surface area (TPSA) is 90.4 Å². The van der Waals surface area contributed by atoms with Crippen LogP contribution in [0.1, 0.15) is 130 Å². The third kappa shape index (κ3) is 8.57. The maximum Gasteiger partial charge on any atom is 0.337 e. The number of methoxy groups -OCH3 is 1. The predicted octanol–water partition coefficient (Wildman–Crippen LogP) is 10.7. The molecule has 4 aliphatic rings. The van der Waals surface area contributed by atoms with Gasteiger partial charge in [0.15, 0.2) is 5.78 Å². The second-order valence-corrected chi connectivity index (χ2v) is 17.9. The highest BCUT2D eigenvalue weighted by molar-refractivity contribution is 5.98. The third-order valence-corrected chi connectivity index (χ3v) is 14.4. The molecule has 2 fully saturated rings. The number of hydrogen-bond acceptors (Lipinski definition) is 6. The van der Waals surface area contributed by atoms with E-state index in [-0.39, 0.29) is 22.6 Å². The summed E-state index contributed by atoms with van der Waals surface area (Å²) in [6.45, 7) is 1.96. The Morgan fingerprint density at radius 3 is 1.68 bits per heavy atom. The SMILES string of the molecule is COC(=O)c1ccc2c(c1)CCC[C@H]1CC(=O)CC[C@@]21Cc1ccccc1.Cc1ncccc1CC(=O)c1ccc2c(c1)CCC[C@H]1CC(=O)CC[C@@]21Cc1ccccc1. The Bertz CT molecular complexity index is 2370. The largest absolute Gasteiger partial charge is 0.465 e. The fourth-order valence-corrected chi connectivity index (χ4v) is 11.4. The monoisotopic (exact) mass is 799 g/mol. The van der Waals surface area contributed by atoms with E-state index in [4.69, 9.17) is 4.74 Å². The molecule has 1 heterocycles. The zero-order valence-corrected chi connectivity index (χ0v) is 35.2. The maximum absolute atomic E-state index is 13.2. The molecule has 4 aromatic carbocycles. The lowest BCUT2D eigenvalue weighted by Gasteiger charge is -2.44. The molecule has 0 aliphatic heterocycles. The maximum atomic E-state index is 13.2. The van der Waals surface area contributed by atoms with Crippen molar-refractivity contribution in [3.63, 3.8) is 0 Å². The van der Waals surface area contributed by atoms with Crippen LogP contribution in [0.15, 0.2) is 115 Å². The van der Waals surface area contributed by atoms with E-state index in [1.807, 2.05) is 43.3 Å². The Hall–Kier alpha value is -5.49. The van der Waals surface area contributed by atoms with Crippen LogP contribution in [0.2, 0.25) is 0 Å². The van der Waals surface area contributed by atoms with Gasteiger partial charge in [0.05, 0.1) is 12.7 Å². The Morgan fingerprint density at radius 2 is 1.17 bits per heavy atom. The van der Waals surface area contributed by atoms with Gasteiger partial charge >= 0.3 is 5.97 Å². The molecule has 60 heavy (non-hydrogen) atoms. The molecule has 0 unspecified atom stereocenters. The predicted molar refractivity (Wildman–Crippen MR) is 235 cm³/mol. The lowest BCUT2D eigenvalue weighted by Crippen LogP contribution is -2.42. The average Bonchev–Trinajstić information content (AvgIpc) is 3.52. The minimum Gasteiger partial charge on any atom is -0.465 e. The van der Waals surface area contributed by atoms with Crippen molar-refractivity contribution >= 4 is 23.3 Å². The van der Waals surface area contributed by atoms with Crippen LogP contribution in [0.5, 0.6) is 0 Å². The first-order chi connectivity index (χ1) is 29.2. The Labute approximate surface area is 355 Å². The van der Waals surface area contributed by atoms with Crippen LogP contribution in [0, 0.1) is 18.8 Å². The Balaban J connectivity index is 0.000000170. The minimum atomic E-state index is -0.283. The number of carbonyl (C=O) groups excluding carboxylic acids is 4. The zero-order valence-electron chi connectivity index (χ0n) is 35.2. The average molecular weight is 800 g/mol. The number of benzene rings is 4. The van der Waals surface area contributed by atoms with Gasteiger partial charge in [0.2, 0.25) is 0 Å². The summed E-state index contributed by atoms with van der Waals surface area (Å²) in [5.74, 6) is 1.42. The van der Waals surface area contributed by atoms with Gasteiger partial charge in [-0.05, 0) is 146 Å². The number of Topliss-reactive ketones (excluding diaryl/α,β-unsaturated/α-hetero) is 3. The van der Waals surface area contributed by atoms with E-state index < -0.39 is 0 Å². The van der Waals surface area contributed by atoms with E-state index in [0.29, 0.717) is 61.1 Å². The molecule has 308 valence electrons. The quantitative estimate of drug-likeness (QED) is 0.115. The van der Waals surface area contributed by atoms with Gasteiger partial charge in [-0.2, -0.15) is 0 Å². The number of aryl methyl sites for hydroxylation is 3. The number of hydrogen-bond donors (Lipinski definition) is 0. The molecular formula is C54H57NO5. The Morgan fingerprint density at radius 1 is 0.650 bits per heavy atom. The molecule has 9 rings (SSSR count). The number of fused-ring (bicyclic) bond motifs is 6. The van der Waals surface area contributed by atoms with Crippen molar-refractivity contribution in [2.24, 2.45) is 11.8 Å². The van der Waals surface area contributed by atoms with E-state index in [1.165, 1.54) is 40.5 Å². The van der Waals surface area contributed by atoms with Gasteiger partial charge in [0, 0.05) is 60.4 Å².